The second kappa shape index (κ2) is 6.51. The van der Waals surface area contributed by atoms with Crippen LogP contribution in [0.5, 0.6) is 5.75 Å². The minimum Gasteiger partial charge on any atom is -0.494 e. The van der Waals surface area contributed by atoms with Gasteiger partial charge < -0.3 is 15.2 Å². The summed E-state index contributed by atoms with van der Waals surface area (Å²) in [6, 6.07) is 9.69. The molecule has 1 aromatic carbocycles. The van der Waals surface area contributed by atoms with Gasteiger partial charge in [-0.3, -0.25) is 9.78 Å². The number of aromatic carboxylic acids is 1. The Kier molecular flexibility index (Phi) is 4.50. The largest absolute Gasteiger partial charge is 0.494 e. The second-order valence-electron chi connectivity index (χ2n) is 4.15. The van der Waals surface area contributed by atoms with Gasteiger partial charge in [-0.1, -0.05) is 6.07 Å². The number of carbonyl (C=O) groups is 2. The molecule has 108 valence electrons. The summed E-state index contributed by atoms with van der Waals surface area (Å²) in [5.74, 6) is -0.844. The highest BCUT2D eigenvalue weighted by Gasteiger charge is 2.10. The van der Waals surface area contributed by atoms with Gasteiger partial charge in [-0.25, -0.2) is 4.79 Å². The van der Waals surface area contributed by atoms with E-state index in [-0.39, 0.29) is 11.3 Å². The lowest BCUT2D eigenvalue weighted by Crippen LogP contribution is -2.14. The normalized spacial score (nSPS) is 9.95. The Morgan fingerprint density at radius 3 is 2.71 bits per heavy atom. The first-order valence-electron chi connectivity index (χ1n) is 6.33. The number of benzene rings is 1. The molecule has 6 nitrogen and oxygen atoms in total. The van der Waals surface area contributed by atoms with Crippen molar-refractivity contribution in [2.24, 2.45) is 0 Å². The van der Waals surface area contributed by atoms with Crippen LogP contribution >= 0.6 is 0 Å². The molecule has 0 atom stereocenters. The first kappa shape index (κ1) is 14.5. The lowest BCUT2D eigenvalue weighted by atomic mass is 10.2. The zero-order valence-electron chi connectivity index (χ0n) is 11.4. The van der Waals surface area contributed by atoms with Crippen molar-refractivity contribution in [1.29, 1.82) is 0 Å². The van der Waals surface area contributed by atoms with Gasteiger partial charge in [-0.15, -0.1) is 0 Å². The van der Waals surface area contributed by atoms with Crippen LogP contribution in [0.15, 0.2) is 42.6 Å². The van der Waals surface area contributed by atoms with Crippen LogP contribution < -0.4 is 10.1 Å². The number of nitrogens with zero attached hydrogens (tertiary/aromatic N) is 1. The molecular formula is C15H14N2O4. The Bertz CT molecular complexity index is 653. The molecule has 1 amide bonds. The molecule has 0 saturated heterocycles. The van der Waals surface area contributed by atoms with E-state index in [1.165, 1.54) is 12.1 Å². The van der Waals surface area contributed by atoms with Crippen LogP contribution in [0.4, 0.5) is 5.69 Å². The van der Waals surface area contributed by atoms with Crippen LogP contribution in [0.3, 0.4) is 0 Å². The Labute approximate surface area is 121 Å². The molecule has 6 heteroatoms. The molecule has 1 aromatic heterocycles. The van der Waals surface area contributed by atoms with Crippen molar-refractivity contribution in [3.63, 3.8) is 0 Å². The van der Waals surface area contributed by atoms with E-state index in [0.29, 0.717) is 18.0 Å². The molecule has 2 rings (SSSR count). The standard InChI is InChI=1S/C15H14N2O4/c1-2-21-12-5-3-4-11(8-12)17-14(18)13-7-6-10(9-16-13)15(19)20/h3-9H,2H2,1H3,(H,17,18)(H,19,20). The number of aromatic nitrogens is 1. The van der Waals surface area contributed by atoms with E-state index in [1.54, 1.807) is 24.3 Å². The van der Waals surface area contributed by atoms with Crippen molar-refractivity contribution >= 4 is 17.6 Å². The number of nitrogens with one attached hydrogen (secondary N) is 1. The maximum Gasteiger partial charge on any atom is 0.337 e. The van der Waals surface area contributed by atoms with Crippen LogP contribution in [0, 0.1) is 0 Å². The Hall–Kier alpha value is -2.89. The summed E-state index contributed by atoms with van der Waals surface area (Å²) >= 11 is 0. The van der Waals surface area contributed by atoms with Crippen molar-refractivity contribution in [3.8, 4) is 5.75 Å². The maximum absolute atomic E-state index is 12.0. The molecule has 21 heavy (non-hydrogen) atoms. The molecule has 0 unspecified atom stereocenters. The highest BCUT2D eigenvalue weighted by Crippen LogP contribution is 2.17. The lowest BCUT2D eigenvalue weighted by Gasteiger charge is -2.07. The zero-order chi connectivity index (χ0) is 15.2. The van der Waals surface area contributed by atoms with E-state index in [9.17, 15) is 9.59 Å². The third-order valence-corrected chi connectivity index (χ3v) is 2.65. The van der Waals surface area contributed by atoms with Crippen LogP contribution in [0.25, 0.3) is 0 Å². The number of carboxylic acids is 1. The number of hydrogen-bond acceptors (Lipinski definition) is 4. The molecule has 0 spiro atoms. The van der Waals surface area contributed by atoms with Crippen molar-refractivity contribution in [2.45, 2.75) is 6.92 Å². The molecule has 0 aliphatic carbocycles. The lowest BCUT2D eigenvalue weighted by molar-refractivity contribution is 0.0696. The summed E-state index contributed by atoms with van der Waals surface area (Å²) in [6.07, 6.45) is 1.15. The van der Waals surface area contributed by atoms with E-state index in [2.05, 4.69) is 10.3 Å². The average Bonchev–Trinajstić information content (AvgIpc) is 2.48. The Balaban J connectivity index is 2.10. The molecule has 0 bridgehead atoms. The number of hydrogen-bond donors (Lipinski definition) is 2. The molecule has 1 heterocycles. The van der Waals surface area contributed by atoms with E-state index < -0.39 is 11.9 Å². The van der Waals surface area contributed by atoms with Gasteiger partial charge in [0.05, 0.1) is 12.2 Å². The van der Waals surface area contributed by atoms with E-state index in [1.807, 2.05) is 6.92 Å². The molecule has 2 N–H and O–H groups in total. The van der Waals surface area contributed by atoms with Crippen molar-refractivity contribution < 1.29 is 19.4 Å². The van der Waals surface area contributed by atoms with Crippen molar-refractivity contribution in [3.05, 3.63) is 53.9 Å². The first-order valence-corrected chi connectivity index (χ1v) is 6.33. The van der Waals surface area contributed by atoms with Crippen LogP contribution in [0.1, 0.15) is 27.8 Å². The van der Waals surface area contributed by atoms with Crippen LogP contribution in [0.2, 0.25) is 0 Å². The summed E-state index contributed by atoms with van der Waals surface area (Å²) in [5, 5.41) is 11.5. The number of amides is 1. The third kappa shape index (κ3) is 3.79. The van der Waals surface area contributed by atoms with Crippen LogP contribution in [-0.4, -0.2) is 28.6 Å². The maximum atomic E-state index is 12.0. The third-order valence-electron chi connectivity index (χ3n) is 2.65. The van der Waals surface area contributed by atoms with Gasteiger partial charge in [0.1, 0.15) is 11.4 Å². The van der Waals surface area contributed by atoms with E-state index in [4.69, 9.17) is 9.84 Å². The van der Waals surface area contributed by atoms with E-state index in [0.717, 1.165) is 6.20 Å². The molecule has 0 fully saturated rings. The van der Waals surface area contributed by atoms with Gasteiger partial charge in [-0.2, -0.15) is 0 Å². The fraction of sp³-hybridized carbons (Fsp3) is 0.133. The molecule has 0 saturated carbocycles. The minimum atomic E-state index is -1.08. The molecule has 0 radical (unpaired) electrons. The van der Waals surface area contributed by atoms with Gasteiger partial charge in [0, 0.05) is 18.0 Å². The molecule has 0 aliphatic heterocycles. The quantitative estimate of drug-likeness (QED) is 0.881. The second-order valence-corrected chi connectivity index (χ2v) is 4.15. The fourth-order valence-corrected chi connectivity index (χ4v) is 1.68. The SMILES string of the molecule is CCOc1cccc(NC(=O)c2ccc(C(=O)O)cn2)c1. The molecular weight excluding hydrogens is 272 g/mol. The summed E-state index contributed by atoms with van der Waals surface area (Å²) in [5.41, 5.74) is 0.752. The number of rotatable bonds is 5. The van der Waals surface area contributed by atoms with E-state index >= 15 is 0 Å². The highest BCUT2D eigenvalue weighted by atomic mass is 16.5. The van der Waals surface area contributed by atoms with Gasteiger partial charge in [0.15, 0.2) is 0 Å². The predicted octanol–water partition coefficient (Wildman–Crippen LogP) is 2.43. The molecule has 2 aromatic rings. The smallest absolute Gasteiger partial charge is 0.337 e. The van der Waals surface area contributed by atoms with Gasteiger partial charge >= 0.3 is 5.97 Å². The Morgan fingerprint density at radius 1 is 1.29 bits per heavy atom. The number of anilines is 1. The first-order chi connectivity index (χ1) is 10.1. The Morgan fingerprint density at radius 2 is 2.10 bits per heavy atom. The van der Waals surface area contributed by atoms with Crippen molar-refractivity contribution in [1.82, 2.24) is 4.98 Å². The van der Waals surface area contributed by atoms with Crippen LogP contribution in [-0.2, 0) is 0 Å². The average molecular weight is 286 g/mol. The van der Waals surface area contributed by atoms with Crippen molar-refractivity contribution in [2.75, 3.05) is 11.9 Å². The number of pyridine rings is 1. The zero-order valence-corrected chi connectivity index (χ0v) is 11.4. The van der Waals surface area contributed by atoms with Gasteiger partial charge in [-0.05, 0) is 31.2 Å². The topological polar surface area (TPSA) is 88.5 Å². The summed E-state index contributed by atoms with van der Waals surface area (Å²) in [6.45, 7) is 2.41. The minimum absolute atomic E-state index is 0.0323. The fourth-order valence-electron chi connectivity index (χ4n) is 1.68. The summed E-state index contributed by atoms with van der Waals surface area (Å²) in [7, 11) is 0. The summed E-state index contributed by atoms with van der Waals surface area (Å²) < 4.78 is 5.34. The molecule has 0 aliphatic rings. The summed E-state index contributed by atoms with van der Waals surface area (Å²) in [4.78, 5) is 26.6. The van der Waals surface area contributed by atoms with Gasteiger partial charge in [0.2, 0.25) is 0 Å². The highest BCUT2D eigenvalue weighted by molar-refractivity contribution is 6.03. The number of ether oxygens (including phenoxy) is 1. The van der Waals surface area contributed by atoms with Gasteiger partial charge in [0.25, 0.3) is 5.91 Å². The number of carbonyl (C=O) groups excluding carboxylic acids is 1. The number of carboxylic acid groups (broad SMARTS) is 1. The monoisotopic (exact) mass is 286 g/mol. The predicted molar refractivity (Wildman–Crippen MR) is 76.8 cm³/mol.